The zero-order valence-corrected chi connectivity index (χ0v) is 22.9. The Labute approximate surface area is 231 Å². The smallest absolute Gasteiger partial charge is 0.157 e. The zero-order valence-electron chi connectivity index (χ0n) is 20.5. The van der Waals surface area contributed by atoms with Crippen LogP contribution in [0.2, 0.25) is 5.02 Å². The summed E-state index contributed by atoms with van der Waals surface area (Å²) in [6.45, 7) is 0. The number of methoxy groups -OCH3 is 1. The highest BCUT2D eigenvalue weighted by molar-refractivity contribution is 7.99. The summed E-state index contributed by atoms with van der Waals surface area (Å²) in [5.41, 5.74) is 4.02. The highest BCUT2D eigenvalue weighted by Crippen LogP contribution is 2.35. The van der Waals surface area contributed by atoms with Gasteiger partial charge in [-0.05, 0) is 53.6 Å². The molecule has 3 aromatic carbocycles. The number of nitriles is 1. The molecule has 0 aliphatic rings. The summed E-state index contributed by atoms with van der Waals surface area (Å²) in [5, 5.41) is 21.6. The van der Waals surface area contributed by atoms with Crippen molar-refractivity contribution in [2.75, 3.05) is 18.6 Å². The van der Waals surface area contributed by atoms with Crippen LogP contribution in [0, 0.1) is 11.3 Å². The van der Waals surface area contributed by atoms with E-state index in [2.05, 4.69) is 6.07 Å². The first kappa shape index (κ1) is 27.7. The van der Waals surface area contributed by atoms with Crippen molar-refractivity contribution in [3.8, 4) is 34.2 Å². The molecule has 1 aromatic heterocycles. The maximum atomic E-state index is 12.7. The lowest BCUT2D eigenvalue weighted by Crippen LogP contribution is -2.24. The van der Waals surface area contributed by atoms with E-state index in [1.165, 1.54) is 0 Å². The topological polar surface area (TPSA) is 100 Å². The summed E-state index contributed by atoms with van der Waals surface area (Å²) in [7, 11) is -1.98. The molecule has 0 aliphatic heterocycles. The molecule has 38 heavy (non-hydrogen) atoms. The third-order valence-corrected chi connectivity index (χ3v) is 8.77. The van der Waals surface area contributed by atoms with Gasteiger partial charge in [0.1, 0.15) is 16.8 Å². The Balaban J connectivity index is 1.59. The van der Waals surface area contributed by atoms with Gasteiger partial charge in [0.2, 0.25) is 0 Å². The molecule has 0 amide bonds. The lowest BCUT2D eigenvalue weighted by atomic mass is 9.99. The van der Waals surface area contributed by atoms with E-state index in [9.17, 15) is 18.8 Å². The molecule has 1 atom stereocenters. The van der Waals surface area contributed by atoms with Gasteiger partial charge in [0, 0.05) is 21.9 Å². The fourth-order valence-corrected chi connectivity index (χ4v) is 6.63. The van der Waals surface area contributed by atoms with Crippen LogP contribution in [-0.4, -0.2) is 43.2 Å². The van der Waals surface area contributed by atoms with Crippen molar-refractivity contribution in [2.24, 2.45) is 0 Å². The Bertz CT molecular complexity index is 1540. The van der Waals surface area contributed by atoms with E-state index >= 15 is 0 Å². The summed E-state index contributed by atoms with van der Waals surface area (Å²) in [4.78, 5) is 4.73. The molecule has 0 aliphatic carbocycles. The van der Waals surface area contributed by atoms with Crippen molar-refractivity contribution < 1.29 is 18.3 Å². The molecule has 0 radical (unpaired) electrons. The first-order chi connectivity index (χ1) is 18.3. The minimum Gasteiger partial charge on any atom is -0.497 e. The molecule has 4 aromatic rings. The molecule has 1 N–H and O–H groups in total. The molecule has 1 heterocycles. The number of rotatable bonds is 10. The predicted molar refractivity (Wildman–Crippen MR) is 152 cm³/mol. The average Bonchev–Trinajstić information content (AvgIpc) is 2.92. The second-order valence-corrected chi connectivity index (χ2v) is 12.1. The van der Waals surface area contributed by atoms with E-state index in [0.29, 0.717) is 38.2 Å². The van der Waals surface area contributed by atoms with E-state index in [0.717, 1.165) is 22.9 Å². The number of ether oxygens (including phenoxy) is 1. The standard InChI is InChI=1S/C29H25ClN2O4S2/c1-36-25-13-9-22(10-14-25)28-15-26(21-5-3-2-4-6-21)27(16-31)29(32-28)37-17-24(33)19-38(34,35)18-20-7-11-23(30)12-8-20/h2-15,24,33H,17-19H2,1H3. The Morgan fingerprint density at radius 2 is 1.71 bits per heavy atom. The van der Waals surface area contributed by atoms with Crippen LogP contribution in [0.15, 0.2) is 90.0 Å². The van der Waals surface area contributed by atoms with Crippen LogP contribution in [0.4, 0.5) is 0 Å². The molecule has 4 rings (SSSR count). The molecule has 0 spiro atoms. The molecular formula is C29H25ClN2O4S2. The number of aliphatic hydroxyl groups excluding tert-OH is 1. The van der Waals surface area contributed by atoms with Gasteiger partial charge in [-0.2, -0.15) is 5.26 Å². The Hall–Kier alpha value is -3.35. The van der Waals surface area contributed by atoms with Crippen LogP contribution < -0.4 is 4.74 Å². The van der Waals surface area contributed by atoms with Crippen molar-refractivity contribution in [3.05, 3.63) is 101 Å². The number of aliphatic hydroxyl groups is 1. The Kier molecular flexibility index (Phi) is 9.08. The summed E-state index contributed by atoms with van der Waals surface area (Å²) in [5.74, 6) is 0.164. The third kappa shape index (κ3) is 7.15. The van der Waals surface area contributed by atoms with Crippen LogP contribution in [0.5, 0.6) is 5.75 Å². The maximum Gasteiger partial charge on any atom is 0.157 e. The third-order valence-electron chi connectivity index (χ3n) is 5.73. The molecule has 0 fully saturated rings. The zero-order chi connectivity index (χ0) is 27.1. The van der Waals surface area contributed by atoms with Crippen LogP contribution in [0.3, 0.4) is 0 Å². The van der Waals surface area contributed by atoms with Crippen LogP contribution in [0.1, 0.15) is 11.1 Å². The fraction of sp³-hybridized carbons (Fsp3) is 0.172. The van der Waals surface area contributed by atoms with Gasteiger partial charge < -0.3 is 9.84 Å². The molecule has 194 valence electrons. The number of thioether (sulfide) groups is 1. The predicted octanol–water partition coefficient (Wildman–Crippen LogP) is 6.02. The molecular weight excluding hydrogens is 540 g/mol. The number of hydrogen-bond acceptors (Lipinski definition) is 7. The number of halogens is 1. The number of benzene rings is 3. The largest absolute Gasteiger partial charge is 0.497 e. The van der Waals surface area contributed by atoms with Crippen LogP contribution in [-0.2, 0) is 15.6 Å². The van der Waals surface area contributed by atoms with Crippen LogP contribution >= 0.6 is 23.4 Å². The Morgan fingerprint density at radius 3 is 2.34 bits per heavy atom. The van der Waals surface area contributed by atoms with E-state index < -0.39 is 21.7 Å². The second kappa shape index (κ2) is 12.5. The van der Waals surface area contributed by atoms with Gasteiger partial charge in [0.15, 0.2) is 9.84 Å². The highest BCUT2D eigenvalue weighted by atomic mass is 35.5. The van der Waals surface area contributed by atoms with Gasteiger partial charge in [-0.1, -0.05) is 54.1 Å². The number of sulfone groups is 1. The van der Waals surface area contributed by atoms with Gasteiger partial charge in [-0.25, -0.2) is 13.4 Å². The SMILES string of the molecule is COc1ccc(-c2cc(-c3ccccc3)c(C#N)c(SCC(O)CS(=O)(=O)Cc3ccc(Cl)cc3)n2)cc1. The molecule has 1 unspecified atom stereocenters. The number of hydrogen-bond donors (Lipinski definition) is 1. The monoisotopic (exact) mass is 564 g/mol. The summed E-state index contributed by atoms with van der Waals surface area (Å²) < 4.78 is 30.6. The van der Waals surface area contributed by atoms with E-state index in [-0.39, 0.29) is 11.5 Å². The number of nitrogens with zero attached hydrogens (tertiary/aromatic N) is 2. The van der Waals surface area contributed by atoms with Gasteiger partial charge in [0.05, 0.1) is 36.0 Å². The van der Waals surface area contributed by atoms with E-state index in [4.69, 9.17) is 21.3 Å². The summed E-state index contributed by atoms with van der Waals surface area (Å²) in [6.07, 6.45) is -1.14. The van der Waals surface area contributed by atoms with Gasteiger partial charge in [-0.15, -0.1) is 11.8 Å². The maximum absolute atomic E-state index is 12.7. The Morgan fingerprint density at radius 1 is 1.03 bits per heavy atom. The lowest BCUT2D eigenvalue weighted by Gasteiger charge is -2.15. The van der Waals surface area contributed by atoms with Gasteiger partial charge >= 0.3 is 0 Å². The van der Waals surface area contributed by atoms with Gasteiger partial charge in [0.25, 0.3) is 0 Å². The van der Waals surface area contributed by atoms with Crippen molar-refractivity contribution in [1.82, 2.24) is 4.98 Å². The molecule has 0 saturated heterocycles. The summed E-state index contributed by atoms with van der Waals surface area (Å²) >= 11 is 7.04. The quantitative estimate of drug-likeness (QED) is 0.235. The average molecular weight is 565 g/mol. The van der Waals surface area contributed by atoms with Crippen molar-refractivity contribution in [3.63, 3.8) is 0 Å². The van der Waals surface area contributed by atoms with Crippen LogP contribution in [0.25, 0.3) is 22.4 Å². The van der Waals surface area contributed by atoms with E-state index in [1.807, 2.05) is 60.7 Å². The number of pyridine rings is 1. The normalized spacial score (nSPS) is 12.1. The molecule has 0 bridgehead atoms. The van der Waals surface area contributed by atoms with Gasteiger partial charge in [-0.3, -0.25) is 0 Å². The molecule has 6 nitrogen and oxygen atoms in total. The highest BCUT2D eigenvalue weighted by Gasteiger charge is 2.21. The fourth-order valence-electron chi connectivity index (χ4n) is 3.90. The first-order valence-corrected chi connectivity index (χ1v) is 14.9. The van der Waals surface area contributed by atoms with Crippen molar-refractivity contribution in [2.45, 2.75) is 16.9 Å². The van der Waals surface area contributed by atoms with E-state index in [1.54, 1.807) is 31.4 Å². The van der Waals surface area contributed by atoms with Crippen molar-refractivity contribution >= 4 is 33.2 Å². The first-order valence-electron chi connectivity index (χ1n) is 11.7. The lowest BCUT2D eigenvalue weighted by molar-refractivity contribution is 0.222. The second-order valence-electron chi connectivity index (χ2n) is 8.59. The minimum atomic E-state index is -3.58. The number of aromatic nitrogens is 1. The molecule has 0 saturated carbocycles. The summed E-state index contributed by atoms with van der Waals surface area (Å²) in [6, 6.07) is 27.7. The van der Waals surface area contributed by atoms with Crippen molar-refractivity contribution in [1.29, 1.82) is 5.26 Å². The minimum absolute atomic E-state index is 0.0574. The molecule has 9 heteroatoms.